The van der Waals surface area contributed by atoms with Crippen molar-refractivity contribution in [3.63, 3.8) is 0 Å². The Morgan fingerprint density at radius 3 is 2.13 bits per heavy atom. The molecule has 23 heavy (non-hydrogen) atoms. The number of hydrogen-bond acceptors (Lipinski definition) is 5. The number of benzene rings is 2. The lowest BCUT2D eigenvalue weighted by molar-refractivity contribution is 0.461. The topological polar surface area (TPSA) is 80.8 Å². The van der Waals surface area contributed by atoms with Gasteiger partial charge in [0.1, 0.15) is 4.90 Å². The highest BCUT2D eigenvalue weighted by molar-refractivity contribution is 7.89. The molecule has 0 amide bonds. The summed E-state index contributed by atoms with van der Waals surface area (Å²) in [5.74, 6) is -1.30. The van der Waals surface area contributed by atoms with Crippen molar-refractivity contribution in [3.05, 3.63) is 54.3 Å². The predicted octanol–water partition coefficient (Wildman–Crippen LogP) is 1.84. The minimum atomic E-state index is -4.37. The second-order valence-electron chi connectivity index (χ2n) is 4.73. The Kier molecular flexibility index (Phi) is 4.73. The average Bonchev–Trinajstić information content (AvgIpc) is 2.49. The largest absolute Gasteiger partial charge is 0.376 e. The minimum absolute atomic E-state index is 0.208. The summed E-state index contributed by atoms with van der Waals surface area (Å²) in [6.07, 6.45) is 0. The van der Waals surface area contributed by atoms with E-state index in [1.807, 2.05) is 0 Å². The Bertz CT molecular complexity index is 924. The summed E-state index contributed by atoms with van der Waals surface area (Å²) in [6, 6.07) is 9.69. The number of halogens is 1. The second kappa shape index (κ2) is 6.26. The molecule has 0 fully saturated rings. The minimum Gasteiger partial charge on any atom is -0.376 e. The molecule has 0 aliphatic rings. The summed E-state index contributed by atoms with van der Waals surface area (Å²) in [6.45, 7) is 0. The van der Waals surface area contributed by atoms with Crippen LogP contribution in [-0.4, -0.2) is 35.2 Å². The van der Waals surface area contributed by atoms with E-state index in [-0.39, 0.29) is 9.79 Å². The van der Waals surface area contributed by atoms with Gasteiger partial charge < -0.3 is 4.18 Å². The van der Waals surface area contributed by atoms with Crippen LogP contribution in [0.25, 0.3) is 0 Å². The van der Waals surface area contributed by atoms with Crippen LogP contribution >= 0.6 is 0 Å². The maximum Gasteiger partial charge on any atom is 0.339 e. The van der Waals surface area contributed by atoms with Crippen molar-refractivity contribution in [3.8, 4) is 5.75 Å². The molecule has 0 aliphatic heterocycles. The zero-order valence-electron chi connectivity index (χ0n) is 12.3. The fraction of sp³-hybridized carbons (Fsp3) is 0.143. The normalized spacial score (nSPS) is 12.3. The van der Waals surface area contributed by atoms with Gasteiger partial charge in [0.05, 0.1) is 4.90 Å². The lowest BCUT2D eigenvalue weighted by atomic mass is 10.3. The van der Waals surface area contributed by atoms with Gasteiger partial charge in [0, 0.05) is 14.1 Å². The molecule has 2 rings (SSSR count). The quantitative estimate of drug-likeness (QED) is 0.761. The Hall–Kier alpha value is -1.97. The molecule has 0 aromatic heterocycles. The zero-order chi connectivity index (χ0) is 17.3. The monoisotopic (exact) mass is 359 g/mol. The number of nitrogens with zero attached hydrogens (tertiary/aromatic N) is 1. The Morgan fingerprint density at radius 2 is 1.52 bits per heavy atom. The second-order valence-corrected chi connectivity index (χ2v) is 8.43. The summed E-state index contributed by atoms with van der Waals surface area (Å²) in [7, 11) is -5.52. The maximum atomic E-state index is 13.5. The van der Waals surface area contributed by atoms with Gasteiger partial charge in [0.2, 0.25) is 10.0 Å². The van der Waals surface area contributed by atoms with Crippen LogP contribution in [0.15, 0.2) is 58.3 Å². The summed E-state index contributed by atoms with van der Waals surface area (Å²) in [5.41, 5.74) is 0. The van der Waals surface area contributed by atoms with Crippen molar-refractivity contribution in [2.45, 2.75) is 9.79 Å². The first kappa shape index (κ1) is 17.4. The highest BCUT2D eigenvalue weighted by Gasteiger charge is 2.23. The van der Waals surface area contributed by atoms with Gasteiger partial charge in [-0.25, -0.2) is 17.1 Å². The molecule has 0 radical (unpaired) electrons. The number of sulfonamides is 1. The smallest absolute Gasteiger partial charge is 0.339 e. The lowest BCUT2D eigenvalue weighted by Crippen LogP contribution is -2.22. The van der Waals surface area contributed by atoms with E-state index in [1.54, 1.807) is 0 Å². The van der Waals surface area contributed by atoms with Gasteiger partial charge in [-0.05, 0) is 30.3 Å². The first-order valence-electron chi connectivity index (χ1n) is 6.36. The standard InChI is InChI=1S/C14H14FNO5S2/c1-16(2)22(17,18)11-6-5-7-12(10-11)23(19,20)21-14-9-4-3-8-13(14)15/h3-10H,1-2H3. The molecule has 2 aromatic rings. The number of rotatable bonds is 5. The molecular formula is C14H14FNO5S2. The van der Waals surface area contributed by atoms with Crippen LogP contribution in [0.2, 0.25) is 0 Å². The van der Waals surface area contributed by atoms with Crippen LogP contribution in [0.5, 0.6) is 5.75 Å². The maximum absolute atomic E-state index is 13.5. The Morgan fingerprint density at radius 1 is 0.913 bits per heavy atom. The van der Waals surface area contributed by atoms with E-state index in [9.17, 15) is 21.2 Å². The molecule has 0 aliphatic carbocycles. The van der Waals surface area contributed by atoms with Crippen molar-refractivity contribution >= 4 is 20.1 Å². The molecule has 6 nitrogen and oxygen atoms in total. The van der Waals surface area contributed by atoms with Crippen LogP contribution in [0.4, 0.5) is 4.39 Å². The third-order valence-electron chi connectivity index (χ3n) is 2.91. The van der Waals surface area contributed by atoms with Crippen LogP contribution in [0.3, 0.4) is 0 Å². The van der Waals surface area contributed by atoms with Gasteiger partial charge in [-0.2, -0.15) is 8.42 Å². The molecule has 2 aromatic carbocycles. The van der Waals surface area contributed by atoms with Crippen molar-refractivity contribution in [2.75, 3.05) is 14.1 Å². The van der Waals surface area contributed by atoms with E-state index >= 15 is 0 Å². The van der Waals surface area contributed by atoms with Gasteiger partial charge in [0.15, 0.2) is 11.6 Å². The fourth-order valence-electron chi connectivity index (χ4n) is 1.68. The van der Waals surface area contributed by atoms with E-state index in [1.165, 1.54) is 44.4 Å². The first-order chi connectivity index (χ1) is 10.6. The van der Waals surface area contributed by atoms with E-state index in [0.717, 1.165) is 22.5 Å². The third kappa shape index (κ3) is 3.69. The van der Waals surface area contributed by atoms with E-state index in [0.29, 0.717) is 0 Å². The van der Waals surface area contributed by atoms with Crippen molar-refractivity contribution in [1.29, 1.82) is 0 Å². The van der Waals surface area contributed by atoms with Crippen LogP contribution in [0.1, 0.15) is 0 Å². The van der Waals surface area contributed by atoms with Crippen molar-refractivity contribution < 1.29 is 25.4 Å². The third-order valence-corrected chi connectivity index (χ3v) is 5.95. The summed E-state index contributed by atoms with van der Waals surface area (Å²) in [5, 5.41) is 0. The molecule has 0 unspecified atom stereocenters. The average molecular weight is 359 g/mol. The number of hydrogen-bond donors (Lipinski definition) is 0. The van der Waals surface area contributed by atoms with Crippen molar-refractivity contribution in [2.24, 2.45) is 0 Å². The molecule has 0 atom stereocenters. The Labute approximate surface area is 134 Å². The molecule has 124 valence electrons. The molecular weight excluding hydrogens is 345 g/mol. The van der Waals surface area contributed by atoms with Crippen LogP contribution in [0, 0.1) is 5.82 Å². The van der Waals surface area contributed by atoms with Crippen LogP contribution < -0.4 is 4.18 Å². The molecule has 0 bridgehead atoms. The van der Waals surface area contributed by atoms with Gasteiger partial charge in [-0.1, -0.05) is 18.2 Å². The molecule has 0 heterocycles. The van der Waals surface area contributed by atoms with Gasteiger partial charge >= 0.3 is 10.1 Å². The fourth-order valence-corrected chi connectivity index (χ4v) is 3.69. The lowest BCUT2D eigenvalue weighted by Gasteiger charge is -2.12. The van der Waals surface area contributed by atoms with Gasteiger partial charge in [0.25, 0.3) is 0 Å². The van der Waals surface area contributed by atoms with E-state index < -0.39 is 31.7 Å². The molecule has 0 saturated heterocycles. The zero-order valence-corrected chi connectivity index (χ0v) is 13.9. The molecule has 0 N–H and O–H groups in total. The van der Waals surface area contributed by atoms with Gasteiger partial charge in [-0.3, -0.25) is 0 Å². The van der Waals surface area contributed by atoms with E-state index in [4.69, 9.17) is 4.18 Å². The van der Waals surface area contributed by atoms with Crippen LogP contribution in [-0.2, 0) is 20.1 Å². The predicted molar refractivity (Wildman–Crippen MR) is 81.5 cm³/mol. The SMILES string of the molecule is CN(C)S(=O)(=O)c1cccc(S(=O)(=O)Oc2ccccc2F)c1. The first-order valence-corrected chi connectivity index (χ1v) is 9.21. The van der Waals surface area contributed by atoms with Crippen molar-refractivity contribution in [1.82, 2.24) is 4.31 Å². The molecule has 0 saturated carbocycles. The van der Waals surface area contributed by atoms with E-state index in [2.05, 4.69) is 0 Å². The summed E-state index contributed by atoms with van der Waals surface area (Å²) in [4.78, 5) is -0.593. The highest BCUT2D eigenvalue weighted by Crippen LogP contribution is 2.23. The Balaban J connectivity index is 2.44. The molecule has 9 heteroatoms. The highest BCUT2D eigenvalue weighted by atomic mass is 32.2. The van der Waals surface area contributed by atoms with Gasteiger partial charge in [-0.15, -0.1) is 0 Å². The number of para-hydroxylation sites is 1. The summed E-state index contributed by atoms with van der Waals surface area (Å²) >= 11 is 0. The summed E-state index contributed by atoms with van der Waals surface area (Å²) < 4.78 is 67.7. The molecule has 0 spiro atoms.